The molecule has 1 aliphatic rings. The highest BCUT2D eigenvalue weighted by molar-refractivity contribution is 5.70. The molecule has 1 aromatic heterocycles. The van der Waals surface area contributed by atoms with Crippen molar-refractivity contribution < 1.29 is 19.2 Å². The van der Waals surface area contributed by atoms with Crippen LogP contribution in [0.3, 0.4) is 0 Å². The maximum absolute atomic E-state index is 11.3. The van der Waals surface area contributed by atoms with Crippen LogP contribution in [0, 0.1) is 18.8 Å². The van der Waals surface area contributed by atoms with Crippen molar-refractivity contribution in [2.75, 3.05) is 20.2 Å². The van der Waals surface area contributed by atoms with E-state index in [4.69, 9.17) is 9.26 Å². The maximum Gasteiger partial charge on any atom is 0.307 e. The van der Waals surface area contributed by atoms with Crippen LogP contribution in [-0.2, 0) is 11.3 Å². The highest BCUT2D eigenvalue weighted by Crippen LogP contribution is 2.26. The second-order valence-corrected chi connectivity index (χ2v) is 6.77. The van der Waals surface area contributed by atoms with Crippen molar-refractivity contribution in [1.29, 1.82) is 0 Å². The van der Waals surface area contributed by atoms with Crippen LogP contribution >= 0.6 is 0 Å². The van der Waals surface area contributed by atoms with Gasteiger partial charge >= 0.3 is 5.97 Å². The van der Waals surface area contributed by atoms with Gasteiger partial charge < -0.3 is 14.4 Å². The summed E-state index contributed by atoms with van der Waals surface area (Å²) in [6.07, 6.45) is 0.712. The van der Waals surface area contributed by atoms with E-state index in [1.165, 1.54) is 0 Å². The minimum absolute atomic E-state index is 0.332. The molecule has 3 rings (SSSR count). The number of ether oxygens (including phenoxy) is 1. The molecule has 0 radical (unpaired) electrons. The molecule has 1 fully saturated rings. The summed E-state index contributed by atoms with van der Waals surface area (Å²) in [5.74, 6) is 1.03. The molecule has 0 bridgehead atoms. The van der Waals surface area contributed by atoms with E-state index >= 15 is 0 Å². The van der Waals surface area contributed by atoms with Crippen LogP contribution in [-0.4, -0.2) is 46.3 Å². The van der Waals surface area contributed by atoms with Crippen molar-refractivity contribution in [3.05, 3.63) is 29.7 Å². The number of benzene rings is 1. The van der Waals surface area contributed by atoms with Crippen molar-refractivity contribution in [3.63, 3.8) is 0 Å². The van der Waals surface area contributed by atoms with Crippen LogP contribution in [0.4, 0.5) is 0 Å². The SMILES string of the molecule is COc1cc(-c2noc(CN3CC(C)CC(C(=O)O)C3)n2)ccc1C. The first kappa shape index (κ1) is 17.4. The van der Waals surface area contributed by atoms with Gasteiger partial charge in [-0.05, 0) is 30.9 Å². The van der Waals surface area contributed by atoms with Crippen LogP contribution in [0.1, 0.15) is 24.8 Å². The molecule has 0 spiro atoms. The second kappa shape index (κ2) is 7.23. The molecular weight excluding hydrogens is 322 g/mol. The van der Waals surface area contributed by atoms with Gasteiger partial charge in [0.2, 0.25) is 11.7 Å². The number of carboxylic acids is 1. The maximum atomic E-state index is 11.3. The van der Waals surface area contributed by atoms with Gasteiger partial charge in [0.15, 0.2) is 0 Å². The van der Waals surface area contributed by atoms with E-state index in [1.54, 1.807) is 7.11 Å². The molecule has 1 aliphatic heterocycles. The fraction of sp³-hybridized carbons (Fsp3) is 0.500. The number of hydrogen-bond acceptors (Lipinski definition) is 6. The highest BCUT2D eigenvalue weighted by Gasteiger charge is 2.30. The number of nitrogens with zero attached hydrogens (tertiary/aromatic N) is 3. The summed E-state index contributed by atoms with van der Waals surface area (Å²) in [6, 6.07) is 5.76. The van der Waals surface area contributed by atoms with Gasteiger partial charge in [-0.25, -0.2) is 0 Å². The molecule has 7 heteroatoms. The fourth-order valence-electron chi connectivity index (χ4n) is 3.36. The van der Waals surface area contributed by atoms with Crippen molar-refractivity contribution in [2.45, 2.75) is 26.8 Å². The monoisotopic (exact) mass is 345 g/mol. The summed E-state index contributed by atoms with van der Waals surface area (Å²) in [5, 5.41) is 13.3. The Morgan fingerprint density at radius 3 is 2.96 bits per heavy atom. The standard InChI is InChI=1S/C18H23N3O4/c1-11-6-14(18(22)23)9-21(8-11)10-16-19-17(20-25-16)13-5-4-12(2)15(7-13)24-3/h4-5,7,11,14H,6,8-10H2,1-3H3,(H,22,23). The number of methoxy groups -OCH3 is 1. The minimum Gasteiger partial charge on any atom is -0.496 e. The van der Waals surface area contributed by atoms with E-state index < -0.39 is 5.97 Å². The molecule has 1 saturated heterocycles. The summed E-state index contributed by atoms with van der Waals surface area (Å²) in [7, 11) is 1.63. The van der Waals surface area contributed by atoms with Crippen molar-refractivity contribution in [1.82, 2.24) is 15.0 Å². The number of hydrogen-bond donors (Lipinski definition) is 1. The molecule has 0 amide bonds. The summed E-state index contributed by atoms with van der Waals surface area (Å²) in [6.45, 7) is 5.85. The Labute approximate surface area is 146 Å². The Morgan fingerprint density at radius 1 is 1.44 bits per heavy atom. The lowest BCUT2D eigenvalue weighted by molar-refractivity contribution is -0.144. The molecule has 2 aromatic rings. The molecule has 134 valence electrons. The van der Waals surface area contributed by atoms with Gasteiger partial charge in [-0.2, -0.15) is 4.98 Å². The number of carboxylic acid groups (broad SMARTS) is 1. The molecule has 0 saturated carbocycles. The normalized spacial score (nSPS) is 21.2. The molecule has 7 nitrogen and oxygen atoms in total. The van der Waals surface area contributed by atoms with Crippen LogP contribution in [0.15, 0.2) is 22.7 Å². The van der Waals surface area contributed by atoms with Gasteiger partial charge in [0.1, 0.15) is 5.75 Å². The lowest BCUT2D eigenvalue weighted by Gasteiger charge is -2.33. The lowest BCUT2D eigenvalue weighted by Crippen LogP contribution is -2.42. The molecule has 1 aromatic carbocycles. The summed E-state index contributed by atoms with van der Waals surface area (Å²) in [5.41, 5.74) is 1.87. The quantitative estimate of drug-likeness (QED) is 0.891. The van der Waals surface area contributed by atoms with E-state index in [-0.39, 0.29) is 5.92 Å². The van der Waals surface area contributed by atoms with Crippen molar-refractivity contribution in [2.24, 2.45) is 11.8 Å². The van der Waals surface area contributed by atoms with Crippen molar-refractivity contribution in [3.8, 4) is 17.1 Å². The van der Waals surface area contributed by atoms with Crippen LogP contribution in [0.5, 0.6) is 5.75 Å². The predicted octanol–water partition coefficient (Wildman–Crippen LogP) is 2.60. The van der Waals surface area contributed by atoms with Crippen LogP contribution < -0.4 is 4.74 Å². The van der Waals surface area contributed by atoms with E-state index in [1.807, 2.05) is 25.1 Å². The van der Waals surface area contributed by atoms with Gasteiger partial charge in [0.25, 0.3) is 0 Å². The van der Waals surface area contributed by atoms with Gasteiger partial charge in [0, 0.05) is 18.7 Å². The van der Waals surface area contributed by atoms with E-state index in [9.17, 15) is 9.90 Å². The number of likely N-dealkylation sites (tertiary alicyclic amines) is 1. The Hall–Kier alpha value is -2.41. The average Bonchev–Trinajstić information content (AvgIpc) is 3.03. The number of aliphatic carboxylic acids is 1. The zero-order valence-electron chi connectivity index (χ0n) is 14.7. The van der Waals surface area contributed by atoms with E-state index in [0.717, 1.165) is 23.4 Å². The third kappa shape index (κ3) is 3.99. The van der Waals surface area contributed by atoms with Gasteiger partial charge in [-0.3, -0.25) is 9.69 Å². The Bertz CT molecular complexity index is 759. The van der Waals surface area contributed by atoms with E-state index in [0.29, 0.717) is 37.1 Å². The number of aromatic nitrogens is 2. The van der Waals surface area contributed by atoms with Crippen molar-refractivity contribution >= 4 is 5.97 Å². The second-order valence-electron chi connectivity index (χ2n) is 6.77. The molecule has 1 N–H and O–H groups in total. The lowest BCUT2D eigenvalue weighted by atomic mass is 9.90. The summed E-state index contributed by atoms with van der Waals surface area (Å²) < 4.78 is 10.7. The minimum atomic E-state index is -0.741. The number of carbonyl (C=O) groups is 1. The number of rotatable bonds is 5. The van der Waals surface area contributed by atoms with Gasteiger partial charge in [-0.1, -0.05) is 24.2 Å². The summed E-state index contributed by atoms with van der Waals surface area (Å²) >= 11 is 0. The predicted molar refractivity (Wildman–Crippen MR) is 91.2 cm³/mol. The zero-order valence-corrected chi connectivity index (χ0v) is 14.7. The molecule has 2 heterocycles. The number of piperidine rings is 1. The van der Waals surface area contributed by atoms with Gasteiger partial charge in [-0.15, -0.1) is 0 Å². The van der Waals surface area contributed by atoms with E-state index in [2.05, 4.69) is 22.0 Å². The van der Waals surface area contributed by atoms with Crippen LogP contribution in [0.25, 0.3) is 11.4 Å². The first-order valence-electron chi connectivity index (χ1n) is 8.39. The fourth-order valence-corrected chi connectivity index (χ4v) is 3.36. The third-order valence-corrected chi connectivity index (χ3v) is 4.58. The molecule has 2 unspecified atom stereocenters. The smallest absolute Gasteiger partial charge is 0.307 e. The van der Waals surface area contributed by atoms with Crippen LogP contribution in [0.2, 0.25) is 0 Å². The topological polar surface area (TPSA) is 88.7 Å². The Morgan fingerprint density at radius 2 is 2.24 bits per heavy atom. The number of aryl methyl sites for hydroxylation is 1. The molecule has 0 aliphatic carbocycles. The first-order valence-corrected chi connectivity index (χ1v) is 8.39. The molecule has 25 heavy (non-hydrogen) atoms. The highest BCUT2D eigenvalue weighted by atomic mass is 16.5. The summed E-state index contributed by atoms with van der Waals surface area (Å²) in [4.78, 5) is 17.8. The zero-order chi connectivity index (χ0) is 18.0. The Kier molecular flexibility index (Phi) is 5.03. The largest absolute Gasteiger partial charge is 0.496 e. The Balaban J connectivity index is 1.72. The molecular formula is C18H23N3O4. The molecule has 2 atom stereocenters. The first-order chi connectivity index (χ1) is 12.0. The third-order valence-electron chi connectivity index (χ3n) is 4.58. The van der Waals surface area contributed by atoms with Gasteiger partial charge in [0.05, 0.1) is 19.6 Å². The average molecular weight is 345 g/mol.